The van der Waals surface area contributed by atoms with E-state index in [0.717, 1.165) is 48.7 Å². The Bertz CT molecular complexity index is 328. The van der Waals surface area contributed by atoms with Crippen molar-refractivity contribution in [3.05, 3.63) is 0 Å². The summed E-state index contributed by atoms with van der Waals surface area (Å²) in [4.78, 5) is 0. The van der Waals surface area contributed by atoms with Crippen molar-refractivity contribution in [3.63, 3.8) is 0 Å². The number of hydrogen-bond donors (Lipinski definition) is 1. The van der Waals surface area contributed by atoms with Gasteiger partial charge in [-0.15, -0.1) is 0 Å². The molecule has 0 bridgehead atoms. The molecule has 0 aromatic rings. The second-order valence-corrected chi connectivity index (χ2v) is 15.3. The van der Waals surface area contributed by atoms with Crippen LogP contribution in [-0.2, 0) is 0 Å². The van der Waals surface area contributed by atoms with Crippen molar-refractivity contribution >= 4 is 8.48 Å². The van der Waals surface area contributed by atoms with Crippen LogP contribution in [-0.4, -0.2) is 23.0 Å². The van der Waals surface area contributed by atoms with Gasteiger partial charge in [-0.25, -0.2) is 0 Å². The maximum atomic E-state index is 10.6. The van der Waals surface area contributed by atoms with Crippen molar-refractivity contribution in [1.29, 1.82) is 5.26 Å². The summed E-state index contributed by atoms with van der Waals surface area (Å²) in [5.74, 6) is 4.01. The van der Waals surface area contributed by atoms with Crippen LogP contribution in [0.3, 0.4) is 0 Å². The van der Waals surface area contributed by atoms with Crippen molar-refractivity contribution in [2.75, 3.05) is 23.0 Å². The molecule has 0 aromatic heterocycles. The van der Waals surface area contributed by atoms with Crippen LogP contribution in [0.25, 0.3) is 0 Å². The Hall–Kier alpha value is -0.200. The smallest absolute Gasteiger partial charge is 0.110 e. The Morgan fingerprint density at radius 1 is 0.583 bits per heavy atom. The Kier molecular flexibility index (Phi) is 10.6. The molecule has 2 nitrogen and oxygen atoms in total. The van der Waals surface area contributed by atoms with Gasteiger partial charge in [-0.1, -0.05) is 79.1 Å². The van der Waals surface area contributed by atoms with Crippen molar-refractivity contribution in [2.24, 2.45) is 5.14 Å². The van der Waals surface area contributed by atoms with E-state index in [0.29, 0.717) is 0 Å². The number of rotatable bonds is 16. The lowest BCUT2D eigenvalue weighted by Gasteiger charge is -2.72. The second-order valence-electron chi connectivity index (χ2n) is 8.32. The van der Waals surface area contributed by atoms with Crippen molar-refractivity contribution in [1.82, 2.24) is 0 Å². The first-order chi connectivity index (χ1) is 11.4. The zero-order valence-electron chi connectivity index (χ0n) is 17.2. The molecule has 0 rings (SSSR count). The molecule has 3 heteroatoms. The molecule has 0 aromatic carbocycles. The van der Waals surface area contributed by atoms with E-state index in [9.17, 15) is 5.26 Å². The molecule has 0 aliphatic heterocycles. The highest BCUT2D eigenvalue weighted by Crippen LogP contribution is 2.83. The quantitative estimate of drug-likeness (QED) is 0.239. The molecular weight excluding hydrogens is 312 g/mol. The van der Waals surface area contributed by atoms with Crippen LogP contribution in [0.4, 0.5) is 0 Å². The number of nitrogens with zero attached hydrogens (tertiary/aromatic N) is 1. The van der Waals surface area contributed by atoms with Gasteiger partial charge in [0, 0.05) is 0 Å². The molecule has 146 valence electrons. The predicted molar refractivity (Wildman–Crippen MR) is 115 cm³/mol. The standard InChI is InChI=1S/C21H46N2S/c1-5-9-13-17-24(23,21-22,18-14-10-6-2,19-15-11-7-3)20-16-12-8-4/h5-20,23H2,1-4H3. The Balaban J connectivity index is 5.60. The number of thiocyanates is 1. The number of nitriles is 1. The van der Waals surface area contributed by atoms with Gasteiger partial charge >= 0.3 is 0 Å². The largest absolute Gasteiger partial charge is 0.297 e. The van der Waals surface area contributed by atoms with Gasteiger partial charge in [0.15, 0.2) is 0 Å². The fourth-order valence-electron chi connectivity index (χ4n) is 4.05. The van der Waals surface area contributed by atoms with Gasteiger partial charge in [0.25, 0.3) is 0 Å². The zero-order valence-corrected chi connectivity index (χ0v) is 18.1. The lowest BCUT2D eigenvalue weighted by atomic mass is 10.3. The molecule has 0 saturated heterocycles. The molecule has 0 fully saturated rings. The molecule has 0 spiro atoms. The number of nitrogens with two attached hydrogens (primary N) is 1. The summed E-state index contributed by atoms with van der Waals surface area (Å²) in [6, 6.07) is 0. The molecule has 2 N–H and O–H groups in total. The Labute approximate surface area is 152 Å². The first kappa shape index (κ1) is 23.8. The summed E-state index contributed by atoms with van der Waals surface area (Å²) in [5, 5.41) is 21.0. The third-order valence-electron chi connectivity index (χ3n) is 5.91. The number of unbranched alkanes of at least 4 members (excludes halogenated alkanes) is 8. The zero-order chi connectivity index (χ0) is 18.4. The monoisotopic (exact) mass is 358 g/mol. The van der Waals surface area contributed by atoms with E-state index in [1.165, 1.54) is 51.4 Å². The van der Waals surface area contributed by atoms with E-state index in [4.69, 9.17) is 5.14 Å². The predicted octanol–water partition coefficient (Wildman–Crippen LogP) is 6.98. The summed E-state index contributed by atoms with van der Waals surface area (Å²) >= 11 is 0. The molecule has 0 radical (unpaired) electrons. The highest BCUT2D eigenvalue weighted by molar-refractivity contribution is 8.66. The molecule has 0 amide bonds. The average Bonchev–Trinajstić information content (AvgIpc) is 2.57. The highest BCUT2D eigenvalue weighted by atomic mass is 32.4. The van der Waals surface area contributed by atoms with Gasteiger partial charge in [-0.2, -0.15) is 13.7 Å². The Morgan fingerprint density at radius 3 is 1.00 bits per heavy atom. The van der Waals surface area contributed by atoms with Crippen LogP contribution in [0.2, 0.25) is 0 Å². The summed E-state index contributed by atoms with van der Waals surface area (Å²) < 4.78 is 0. The summed E-state index contributed by atoms with van der Waals surface area (Å²) in [7, 11) is -3.11. The molecule has 0 atom stereocenters. The normalized spacial score (nSPS) is 14.8. The second kappa shape index (κ2) is 10.7. The summed E-state index contributed by atoms with van der Waals surface area (Å²) in [6.45, 7) is 8.98. The van der Waals surface area contributed by atoms with Crippen LogP contribution < -0.4 is 5.14 Å². The maximum Gasteiger partial charge on any atom is 0.110 e. The molecule has 0 aliphatic rings. The first-order valence-corrected chi connectivity index (χ1v) is 13.8. The topological polar surface area (TPSA) is 49.8 Å². The van der Waals surface area contributed by atoms with Crippen LogP contribution >= 0.6 is 8.48 Å². The van der Waals surface area contributed by atoms with Crippen LogP contribution in [0.15, 0.2) is 0 Å². The SMILES string of the molecule is CCCCCS(N)(C#N)(CCCCC)(CCCCC)CCCCC. The van der Waals surface area contributed by atoms with E-state index in [1.54, 1.807) is 0 Å². The van der Waals surface area contributed by atoms with E-state index < -0.39 is 8.48 Å². The van der Waals surface area contributed by atoms with E-state index in [1.807, 2.05) is 0 Å². The van der Waals surface area contributed by atoms with Gasteiger partial charge in [0.1, 0.15) is 5.40 Å². The van der Waals surface area contributed by atoms with Gasteiger partial charge in [0.2, 0.25) is 0 Å². The molecule has 24 heavy (non-hydrogen) atoms. The van der Waals surface area contributed by atoms with E-state index >= 15 is 0 Å². The van der Waals surface area contributed by atoms with Crippen LogP contribution in [0.5, 0.6) is 0 Å². The van der Waals surface area contributed by atoms with Gasteiger partial charge in [-0.05, 0) is 48.7 Å². The lowest BCUT2D eigenvalue weighted by molar-refractivity contribution is 0.723. The molecule has 0 unspecified atom stereocenters. The van der Waals surface area contributed by atoms with Crippen LogP contribution in [0, 0.1) is 10.7 Å². The minimum Gasteiger partial charge on any atom is -0.297 e. The third kappa shape index (κ3) is 6.96. The van der Waals surface area contributed by atoms with Crippen molar-refractivity contribution in [3.8, 4) is 5.40 Å². The van der Waals surface area contributed by atoms with Crippen LogP contribution in [0.1, 0.15) is 105 Å². The first-order valence-electron chi connectivity index (χ1n) is 10.6. The summed E-state index contributed by atoms with van der Waals surface area (Å²) in [5.41, 5.74) is 0. The fourth-order valence-corrected chi connectivity index (χ4v) is 10.1. The van der Waals surface area contributed by atoms with Gasteiger partial charge in [-0.3, -0.25) is 5.14 Å². The van der Waals surface area contributed by atoms with Crippen molar-refractivity contribution in [2.45, 2.75) is 105 Å². The van der Waals surface area contributed by atoms with E-state index in [2.05, 4.69) is 33.1 Å². The number of hydrogen-bond acceptors (Lipinski definition) is 2. The van der Waals surface area contributed by atoms with Gasteiger partial charge < -0.3 is 0 Å². The fraction of sp³-hybridized carbons (Fsp3) is 0.952. The average molecular weight is 359 g/mol. The van der Waals surface area contributed by atoms with Gasteiger partial charge in [0.05, 0.1) is 0 Å². The Morgan fingerprint density at radius 2 is 0.833 bits per heavy atom. The maximum absolute atomic E-state index is 10.6. The minimum atomic E-state index is -3.11. The molecule has 0 saturated carbocycles. The van der Waals surface area contributed by atoms with Crippen molar-refractivity contribution < 1.29 is 0 Å². The molecule has 0 aliphatic carbocycles. The lowest BCUT2D eigenvalue weighted by Crippen LogP contribution is -2.54. The van der Waals surface area contributed by atoms with E-state index in [-0.39, 0.29) is 0 Å². The summed E-state index contributed by atoms with van der Waals surface area (Å²) in [6.07, 6.45) is 14.3. The highest BCUT2D eigenvalue weighted by Gasteiger charge is 2.55. The molecular formula is C21H46N2S. The minimum absolute atomic E-state index is 1.00. The third-order valence-corrected chi connectivity index (χ3v) is 12.9. The molecule has 0 heterocycles.